The third kappa shape index (κ3) is 3.54. The standard InChI is InChI=1S/C25H26N4O2/c1-5-29-15-21(12-16(2)24(29)30)25(27-17(3)23(26)28-25)20-10-6-8-18(13-20)19-9-7-11-22(14-19)31-4/h6-15H,5H2,1-4H3,(H2,26,28). The maximum absolute atomic E-state index is 12.5. The van der Waals surface area contributed by atoms with E-state index in [-0.39, 0.29) is 5.56 Å². The van der Waals surface area contributed by atoms with Crippen LogP contribution in [-0.2, 0) is 12.2 Å². The first-order chi connectivity index (χ1) is 14.9. The summed E-state index contributed by atoms with van der Waals surface area (Å²) in [4.78, 5) is 22.2. The number of aromatic nitrogens is 1. The normalized spacial score (nSPS) is 17.9. The molecule has 1 aliphatic heterocycles. The van der Waals surface area contributed by atoms with Crippen LogP contribution >= 0.6 is 0 Å². The lowest BCUT2D eigenvalue weighted by molar-refractivity contribution is 0.415. The first kappa shape index (κ1) is 20.6. The molecule has 2 heterocycles. The Labute approximate surface area is 181 Å². The fraction of sp³-hybridized carbons (Fsp3) is 0.240. The van der Waals surface area contributed by atoms with Gasteiger partial charge in [0.2, 0.25) is 5.66 Å². The van der Waals surface area contributed by atoms with Crippen LogP contribution in [-0.4, -0.2) is 23.2 Å². The summed E-state index contributed by atoms with van der Waals surface area (Å²) in [5, 5.41) is 0. The Hall–Kier alpha value is -3.67. The molecule has 6 heteroatoms. The van der Waals surface area contributed by atoms with Crippen LogP contribution in [0.15, 0.2) is 75.6 Å². The van der Waals surface area contributed by atoms with Gasteiger partial charge in [-0.3, -0.25) is 4.79 Å². The van der Waals surface area contributed by atoms with Gasteiger partial charge in [0.15, 0.2) is 0 Å². The number of hydrogen-bond acceptors (Lipinski definition) is 5. The smallest absolute Gasteiger partial charge is 0.253 e. The maximum atomic E-state index is 12.5. The van der Waals surface area contributed by atoms with Crippen LogP contribution in [0.1, 0.15) is 30.5 Å². The van der Waals surface area contributed by atoms with Gasteiger partial charge in [-0.15, -0.1) is 0 Å². The Morgan fingerprint density at radius 2 is 1.71 bits per heavy atom. The molecule has 0 spiro atoms. The van der Waals surface area contributed by atoms with Crippen molar-refractivity contribution < 1.29 is 4.74 Å². The fourth-order valence-corrected chi connectivity index (χ4v) is 3.93. The third-order valence-corrected chi connectivity index (χ3v) is 5.66. The molecule has 1 unspecified atom stereocenters. The molecule has 1 atom stereocenters. The van der Waals surface area contributed by atoms with Crippen molar-refractivity contribution >= 4 is 11.5 Å². The van der Waals surface area contributed by atoms with E-state index >= 15 is 0 Å². The Morgan fingerprint density at radius 1 is 1.00 bits per heavy atom. The molecule has 6 nitrogen and oxygen atoms in total. The summed E-state index contributed by atoms with van der Waals surface area (Å²) in [6.45, 7) is 6.18. The number of rotatable bonds is 5. The highest BCUT2D eigenvalue weighted by atomic mass is 16.5. The number of nitrogens with two attached hydrogens (primary N) is 1. The van der Waals surface area contributed by atoms with Crippen molar-refractivity contribution in [2.45, 2.75) is 33.0 Å². The van der Waals surface area contributed by atoms with Gasteiger partial charge in [-0.2, -0.15) is 0 Å². The summed E-state index contributed by atoms with van der Waals surface area (Å²) < 4.78 is 7.07. The van der Waals surface area contributed by atoms with Gasteiger partial charge in [0, 0.05) is 29.4 Å². The highest BCUT2D eigenvalue weighted by Crippen LogP contribution is 2.40. The number of aliphatic imine (C=N–C) groups is 2. The largest absolute Gasteiger partial charge is 0.497 e. The van der Waals surface area contributed by atoms with E-state index in [1.165, 1.54) is 0 Å². The lowest BCUT2D eigenvalue weighted by atomic mass is 9.90. The molecule has 158 valence electrons. The van der Waals surface area contributed by atoms with Crippen LogP contribution < -0.4 is 16.0 Å². The van der Waals surface area contributed by atoms with Gasteiger partial charge in [-0.05, 0) is 56.2 Å². The Balaban J connectivity index is 1.94. The van der Waals surface area contributed by atoms with E-state index < -0.39 is 5.66 Å². The van der Waals surface area contributed by atoms with Gasteiger partial charge < -0.3 is 15.0 Å². The number of pyridine rings is 1. The monoisotopic (exact) mass is 414 g/mol. The van der Waals surface area contributed by atoms with Crippen molar-refractivity contribution in [2.24, 2.45) is 15.7 Å². The fourth-order valence-electron chi connectivity index (χ4n) is 3.93. The highest BCUT2D eigenvalue weighted by molar-refractivity contribution is 6.41. The maximum Gasteiger partial charge on any atom is 0.253 e. The number of ether oxygens (including phenoxy) is 1. The second kappa shape index (κ2) is 7.87. The van der Waals surface area contributed by atoms with Gasteiger partial charge in [-0.1, -0.05) is 30.3 Å². The van der Waals surface area contributed by atoms with Crippen molar-refractivity contribution in [3.05, 3.63) is 87.8 Å². The molecule has 0 amide bonds. The Bertz CT molecular complexity index is 1250. The zero-order chi connectivity index (χ0) is 22.2. The minimum absolute atomic E-state index is 0.0119. The molecule has 31 heavy (non-hydrogen) atoms. The van der Waals surface area contributed by atoms with Crippen molar-refractivity contribution in [1.82, 2.24) is 4.57 Å². The Morgan fingerprint density at radius 3 is 2.35 bits per heavy atom. The predicted molar refractivity (Wildman–Crippen MR) is 125 cm³/mol. The quantitative estimate of drug-likeness (QED) is 0.688. The van der Waals surface area contributed by atoms with Gasteiger partial charge >= 0.3 is 0 Å². The van der Waals surface area contributed by atoms with Crippen LogP contribution in [0.3, 0.4) is 0 Å². The van der Waals surface area contributed by atoms with E-state index in [1.807, 2.05) is 75.5 Å². The van der Waals surface area contributed by atoms with Crippen molar-refractivity contribution in [1.29, 1.82) is 0 Å². The third-order valence-electron chi connectivity index (χ3n) is 5.66. The SMILES string of the molecule is CCn1cc(C2(c3cccc(-c4cccc(OC)c4)c3)N=C(C)C(N)=N2)cc(C)c1=O. The van der Waals surface area contributed by atoms with Crippen LogP contribution in [0.5, 0.6) is 5.75 Å². The molecule has 0 saturated heterocycles. The number of methoxy groups -OCH3 is 1. The van der Waals surface area contributed by atoms with E-state index in [0.29, 0.717) is 23.7 Å². The molecule has 0 radical (unpaired) electrons. The summed E-state index contributed by atoms with van der Waals surface area (Å²) in [5.41, 5.74) is 10.2. The second-order valence-electron chi connectivity index (χ2n) is 7.68. The average molecular weight is 415 g/mol. The van der Waals surface area contributed by atoms with Crippen molar-refractivity contribution in [3.8, 4) is 16.9 Å². The lowest BCUT2D eigenvalue weighted by Crippen LogP contribution is -2.28. The van der Waals surface area contributed by atoms with E-state index in [0.717, 1.165) is 28.0 Å². The summed E-state index contributed by atoms with van der Waals surface area (Å²) in [7, 11) is 1.66. The average Bonchev–Trinajstić information content (AvgIpc) is 3.11. The van der Waals surface area contributed by atoms with Crippen molar-refractivity contribution in [2.75, 3.05) is 7.11 Å². The zero-order valence-electron chi connectivity index (χ0n) is 18.2. The van der Waals surface area contributed by atoms with Gasteiger partial charge in [0.05, 0.1) is 12.8 Å². The highest BCUT2D eigenvalue weighted by Gasteiger charge is 2.39. The molecule has 0 bridgehead atoms. The zero-order valence-corrected chi connectivity index (χ0v) is 18.2. The van der Waals surface area contributed by atoms with Gasteiger partial charge in [-0.25, -0.2) is 9.98 Å². The molecule has 2 aromatic carbocycles. The number of nitrogens with zero attached hydrogens (tertiary/aromatic N) is 3. The summed E-state index contributed by atoms with van der Waals surface area (Å²) >= 11 is 0. The molecule has 1 aromatic heterocycles. The number of amidine groups is 1. The van der Waals surface area contributed by atoms with E-state index in [1.54, 1.807) is 11.7 Å². The summed E-state index contributed by atoms with van der Waals surface area (Å²) in [6, 6.07) is 17.9. The van der Waals surface area contributed by atoms with Gasteiger partial charge in [0.1, 0.15) is 11.6 Å². The van der Waals surface area contributed by atoms with E-state index in [2.05, 4.69) is 6.07 Å². The summed E-state index contributed by atoms with van der Waals surface area (Å²) in [5.74, 6) is 1.19. The first-order valence-electron chi connectivity index (χ1n) is 10.3. The molecule has 2 N–H and O–H groups in total. The predicted octanol–water partition coefficient (Wildman–Crippen LogP) is 3.89. The number of aryl methyl sites for hydroxylation is 2. The van der Waals surface area contributed by atoms with E-state index in [4.69, 9.17) is 20.5 Å². The molecule has 4 rings (SSSR count). The molecule has 3 aromatic rings. The van der Waals surface area contributed by atoms with Crippen molar-refractivity contribution in [3.63, 3.8) is 0 Å². The van der Waals surface area contributed by atoms with Crippen LogP contribution in [0.4, 0.5) is 0 Å². The lowest BCUT2D eigenvalue weighted by Gasteiger charge is -2.26. The Kier molecular flexibility index (Phi) is 5.23. The minimum Gasteiger partial charge on any atom is -0.497 e. The minimum atomic E-state index is -1.03. The topological polar surface area (TPSA) is 82.0 Å². The molecular formula is C25H26N4O2. The second-order valence-corrected chi connectivity index (χ2v) is 7.68. The number of benzene rings is 2. The molecule has 1 aliphatic rings. The molecular weight excluding hydrogens is 388 g/mol. The number of hydrogen-bond donors (Lipinski definition) is 1. The van der Waals surface area contributed by atoms with E-state index in [9.17, 15) is 4.79 Å². The first-order valence-corrected chi connectivity index (χ1v) is 10.3. The van der Waals surface area contributed by atoms with Crippen LogP contribution in [0, 0.1) is 6.92 Å². The van der Waals surface area contributed by atoms with Crippen LogP contribution in [0.25, 0.3) is 11.1 Å². The van der Waals surface area contributed by atoms with Crippen LogP contribution in [0.2, 0.25) is 0 Å². The summed E-state index contributed by atoms with van der Waals surface area (Å²) in [6.07, 6.45) is 1.84. The molecule has 0 saturated carbocycles. The molecule has 0 fully saturated rings. The van der Waals surface area contributed by atoms with Gasteiger partial charge in [0.25, 0.3) is 5.56 Å². The molecule has 0 aliphatic carbocycles.